The molecule has 1 atom stereocenters. The molecule has 0 bridgehead atoms. The van der Waals surface area contributed by atoms with Crippen LogP contribution in [0.3, 0.4) is 0 Å². The molecule has 0 aromatic heterocycles. The van der Waals surface area contributed by atoms with Gasteiger partial charge in [0.05, 0.1) is 0 Å². The molecule has 0 amide bonds. The Labute approximate surface area is 105 Å². The highest BCUT2D eigenvalue weighted by Gasteiger charge is 2.33. The topological polar surface area (TPSA) is 24.5 Å². The normalized spacial score (nSPS) is 33.5. The largest absolute Gasteiger partial charge is 0.381 e. The summed E-state index contributed by atoms with van der Waals surface area (Å²) in [7, 11) is 0. The van der Waals surface area contributed by atoms with Gasteiger partial charge >= 0.3 is 0 Å². The zero-order chi connectivity index (χ0) is 11.5. The summed E-state index contributed by atoms with van der Waals surface area (Å²) in [6, 6.07) is 0.789. The third kappa shape index (κ3) is 3.43. The first-order valence-electron chi connectivity index (χ1n) is 7.45. The van der Waals surface area contributed by atoms with Crippen molar-refractivity contribution in [2.45, 2.75) is 38.1 Å². The summed E-state index contributed by atoms with van der Waals surface area (Å²) in [6.07, 6.45) is 6.80. The van der Waals surface area contributed by atoms with E-state index in [2.05, 4.69) is 10.2 Å². The highest BCUT2D eigenvalue weighted by atomic mass is 16.5. The van der Waals surface area contributed by atoms with E-state index in [4.69, 9.17) is 4.74 Å². The second-order valence-electron chi connectivity index (χ2n) is 6.07. The van der Waals surface area contributed by atoms with Crippen LogP contribution in [0.1, 0.15) is 32.1 Å². The molecule has 1 aliphatic carbocycles. The van der Waals surface area contributed by atoms with Gasteiger partial charge in [-0.2, -0.15) is 0 Å². The van der Waals surface area contributed by atoms with E-state index in [1.807, 2.05) is 0 Å². The molecule has 1 N–H and O–H groups in total. The molecule has 3 heteroatoms. The fraction of sp³-hybridized carbons (Fsp3) is 1.00. The molecule has 3 aliphatic rings. The van der Waals surface area contributed by atoms with Crippen LogP contribution in [0.4, 0.5) is 0 Å². The molecule has 0 radical (unpaired) electrons. The Hall–Kier alpha value is -0.120. The molecule has 0 spiro atoms. The monoisotopic (exact) mass is 238 g/mol. The van der Waals surface area contributed by atoms with E-state index in [-0.39, 0.29) is 0 Å². The van der Waals surface area contributed by atoms with Crippen LogP contribution in [-0.4, -0.2) is 50.3 Å². The van der Waals surface area contributed by atoms with Crippen LogP contribution in [-0.2, 0) is 4.74 Å². The molecular formula is C14H26N2O. The molecule has 3 fully saturated rings. The molecule has 0 aromatic carbocycles. The van der Waals surface area contributed by atoms with E-state index in [1.165, 1.54) is 58.3 Å². The number of ether oxygens (including phenoxy) is 1. The van der Waals surface area contributed by atoms with Crippen molar-refractivity contribution in [3.8, 4) is 0 Å². The van der Waals surface area contributed by atoms with Gasteiger partial charge in [0.15, 0.2) is 0 Å². The lowest BCUT2D eigenvalue weighted by molar-refractivity contribution is 0.0520. The quantitative estimate of drug-likeness (QED) is 0.806. The molecule has 1 unspecified atom stereocenters. The molecule has 2 aliphatic heterocycles. The molecule has 0 aromatic rings. The van der Waals surface area contributed by atoms with Gasteiger partial charge < -0.3 is 15.0 Å². The molecular weight excluding hydrogens is 212 g/mol. The Morgan fingerprint density at radius 2 is 1.94 bits per heavy atom. The van der Waals surface area contributed by atoms with Crippen molar-refractivity contribution in [2.75, 3.05) is 39.4 Å². The fourth-order valence-electron chi connectivity index (χ4n) is 3.30. The van der Waals surface area contributed by atoms with Gasteiger partial charge in [-0.1, -0.05) is 0 Å². The minimum Gasteiger partial charge on any atom is -0.381 e. The molecule has 1 saturated carbocycles. The summed E-state index contributed by atoms with van der Waals surface area (Å²) in [5.41, 5.74) is 0. The maximum atomic E-state index is 5.45. The van der Waals surface area contributed by atoms with E-state index in [1.54, 1.807) is 0 Å². The Kier molecular flexibility index (Phi) is 3.99. The molecule has 2 saturated heterocycles. The van der Waals surface area contributed by atoms with Crippen LogP contribution < -0.4 is 5.32 Å². The molecule has 98 valence electrons. The molecule has 17 heavy (non-hydrogen) atoms. The summed E-state index contributed by atoms with van der Waals surface area (Å²) in [4.78, 5) is 2.72. The maximum absolute atomic E-state index is 5.45. The van der Waals surface area contributed by atoms with E-state index < -0.39 is 0 Å². The first kappa shape index (κ1) is 11.9. The van der Waals surface area contributed by atoms with Gasteiger partial charge in [0, 0.05) is 32.3 Å². The third-order valence-corrected chi connectivity index (χ3v) is 4.56. The minimum atomic E-state index is 0.789. The standard InChI is InChI=1S/C14H26N2O/c1-6-15-14(13-2-3-13)11-16(7-1)10-12-4-8-17-9-5-12/h12-15H,1-11H2. The molecule has 2 heterocycles. The Morgan fingerprint density at radius 1 is 1.12 bits per heavy atom. The fourth-order valence-corrected chi connectivity index (χ4v) is 3.30. The second-order valence-corrected chi connectivity index (χ2v) is 6.07. The number of nitrogens with one attached hydrogen (secondary N) is 1. The zero-order valence-electron chi connectivity index (χ0n) is 10.9. The van der Waals surface area contributed by atoms with Crippen molar-refractivity contribution in [3.63, 3.8) is 0 Å². The van der Waals surface area contributed by atoms with Gasteiger partial charge in [-0.3, -0.25) is 0 Å². The minimum absolute atomic E-state index is 0.789. The predicted octanol–water partition coefficient (Wildman–Crippen LogP) is 1.49. The van der Waals surface area contributed by atoms with Crippen molar-refractivity contribution in [1.29, 1.82) is 0 Å². The van der Waals surface area contributed by atoms with Crippen LogP contribution in [0.25, 0.3) is 0 Å². The number of nitrogens with zero attached hydrogens (tertiary/aromatic N) is 1. The second kappa shape index (κ2) is 5.68. The maximum Gasteiger partial charge on any atom is 0.0469 e. The summed E-state index contributed by atoms with van der Waals surface area (Å²) >= 11 is 0. The Bertz CT molecular complexity index is 236. The van der Waals surface area contributed by atoms with Crippen LogP contribution in [0.15, 0.2) is 0 Å². The average molecular weight is 238 g/mol. The molecule has 3 nitrogen and oxygen atoms in total. The zero-order valence-corrected chi connectivity index (χ0v) is 10.9. The summed E-state index contributed by atoms with van der Waals surface area (Å²) in [5.74, 6) is 1.88. The van der Waals surface area contributed by atoms with Gasteiger partial charge in [0.1, 0.15) is 0 Å². The van der Waals surface area contributed by atoms with Gasteiger partial charge in [0.2, 0.25) is 0 Å². The molecule has 3 rings (SSSR count). The lowest BCUT2D eigenvalue weighted by Gasteiger charge is -2.30. The van der Waals surface area contributed by atoms with Crippen molar-refractivity contribution < 1.29 is 4.74 Å². The third-order valence-electron chi connectivity index (χ3n) is 4.56. The van der Waals surface area contributed by atoms with Crippen LogP contribution in [0.2, 0.25) is 0 Å². The van der Waals surface area contributed by atoms with E-state index in [9.17, 15) is 0 Å². The van der Waals surface area contributed by atoms with E-state index in [0.717, 1.165) is 31.1 Å². The van der Waals surface area contributed by atoms with Crippen LogP contribution in [0, 0.1) is 11.8 Å². The predicted molar refractivity (Wildman–Crippen MR) is 69.1 cm³/mol. The van der Waals surface area contributed by atoms with Gasteiger partial charge in [-0.05, 0) is 57.0 Å². The van der Waals surface area contributed by atoms with Gasteiger partial charge in [-0.15, -0.1) is 0 Å². The summed E-state index contributed by atoms with van der Waals surface area (Å²) in [5, 5.41) is 3.74. The van der Waals surface area contributed by atoms with Crippen molar-refractivity contribution >= 4 is 0 Å². The van der Waals surface area contributed by atoms with Gasteiger partial charge in [0.25, 0.3) is 0 Å². The van der Waals surface area contributed by atoms with E-state index in [0.29, 0.717) is 0 Å². The van der Waals surface area contributed by atoms with Crippen LogP contribution in [0.5, 0.6) is 0 Å². The highest BCUT2D eigenvalue weighted by molar-refractivity contribution is 4.90. The van der Waals surface area contributed by atoms with Crippen molar-refractivity contribution in [1.82, 2.24) is 10.2 Å². The average Bonchev–Trinajstić information content (AvgIpc) is 3.16. The lowest BCUT2D eigenvalue weighted by atomic mass is 9.99. The van der Waals surface area contributed by atoms with E-state index >= 15 is 0 Å². The first-order valence-corrected chi connectivity index (χ1v) is 7.45. The van der Waals surface area contributed by atoms with Crippen molar-refractivity contribution in [3.05, 3.63) is 0 Å². The number of hydrogen-bond acceptors (Lipinski definition) is 3. The van der Waals surface area contributed by atoms with Crippen LogP contribution >= 0.6 is 0 Å². The number of rotatable bonds is 3. The van der Waals surface area contributed by atoms with Crippen molar-refractivity contribution in [2.24, 2.45) is 11.8 Å². The lowest BCUT2D eigenvalue weighted by Crippen LogP contribution is -2.41. The smallest absolute Gasteiger partial charge is 0.0469 e. The number of hydrogen-bond donors (Lipinski definition) is 1. The first-order chi connectivity index (χ1) is 8.42. The van der Waals surface area contributed by atoms with Gasteiger partial charge in [-0.25, -0.2) is 0 Å². The summed E-state index contributed by atoms with van der Waals surface area (Å²) < 4.78 is 5.45. The summed E-state index contributed by atoms with van der Waals surface area (Å²) in [6.45, 7) is 7.11. The Balaban J connectivity index is 1.49. The SMILES string of the molecule is C1CNC(C2CC2)CN(CC2CCOCC2)C1. The Morgan fingerprint density at radius 3 is 2.71 bits per heavy atom. The highest BCUT2D eigenvalue weighted by Crippen LogP contribution is 2.33.